The molecule has 0 amide bonds. The summed E-state index contributed by atoms with van der Waals surface area (Å²) >= 11 is 0. The molecule has 128 valence electrons. The van der Waals surface area contributed by atoms with E-state index in [4.69, 9.17) is 9.47 Å². The standard InChI is InChI=1S/C20H19FN2O2/c1-24-19-5-3-2-4-18(19)23-12-13-25-20(23)15-10-11-22(14-15)17-8-6-16(21)7-9-17/h2-11,14,20H,12-13H2,1H3/t20-/m1/s1. The van der Waals surface area contributed by atoms with E-state index in [-0.39, 0.29) is 12.0 Å². The maximum Gasteiger partial charge on any atom is 0.158 e. The van der Waals surface area contributed by atoms with E-state index in [1.807, 2.05) is 47.3 Å². The molecule has 0 bridgehead atoms. The lowest BCUT2D eigenvalue weighted by molar-refractivity contribution is 0.113. The van der Waals surface area contributed by atoms with Gasteiger partial charge in [-0.05, 0) is 42.5 Å². The Kier molecular flexibility index (Phi) is 4.15. The predicted octanol–water partition coefficient (Wildman–Crippen LogP) is 4.16. The van der Waals surface area contributed by atoms with Crippen molar-refractivity contribution in [1.29, 1.82) is 0 Å². The van der Waals surface area contributed by atoms with Crippen molar-refractivity contribution >= 4 is 5.69 Å². The van der Waals surface area contributed by atoms with E-state index < -0.39 is 0 Å². The molecule has 0 aliphatic carbocycles. The van der Waals surface area contributed by atoms with Gasteiger partial charge in [0.2, 0.25) is 0 Å². The highest BCUT2D eigenvalue weighted by molar-refractivity contribution is 5.60. The normalized spacial score (nSPS) is 17.0. The molecule has 0 N–H and O–H groups in total. The fraction of sp³-hybridized carbons (Fsp3) is 0.200. The second kappa shape index (κ2) is 6.61. The lowest BCUT2D eigenvalue weighted by atomic mass is 10.2. The first kappa shape index (κ1) is 15.7. The van der Waals surface area contributed by atoms with E-state index in [0.29, 0.717) is 6.61 Å². The summed E-state index contributed by atoms with van der Waals surface area (Å²) in [5.74, 6) is 0.591. The molecule has 2 heterocycles. The Balaban J connectivity index is 1.64. The van der Waals surface area contributed by atoms with Crippen molar-refractivity contribution in [2.45, 2.75) is 6.23 Å². The molecule has 0 saturated carbocycles. The largest absolute Gasteiger partial charge is 0.495 e. The average molecular weight is 338 g/mol. The molecule has 0 unspecified atom stereocenters. The molecular weight excluding hydrogens is 319 g/mol. The number of hydrogen-bond donors (Lipinski definition) is 0. The molecular formula is C20H19FN2O2. The van der Waals surface area contributed by atoms with Gasteiger partial charge in [-0.15, -0.1) is 0 Å². The molecule has 5 heteroatoms. The van der Waals surface area contributed by atoms with Gasteiger partial charge in [0.1, 0.15) is 11.6 Å². The second-order valence-electron chi connectivity index (χ2n) is 5.92. The fourth-order valence-electron chi connectivity index (χ4n) is 3.19. The van der Waals surface area contributed by atoms with Gasteiger partial charge >= 0.3 is 0 Å². The number of anilines is 1. The molecule has 1 aliphatic rings. The zero-order valence-electron chi connectivity index (χ0n) is 13.9. The third-order valence-electron chi connectivity index (χ3n) is 4.41. The number of halogens is 1. The van der Waals surface area contributed by atoms with Crippen LogP contribution in [0.5, 0.6) is 5.75 Å². The number of aromatic nitrogens is 1. The van der Waals surface area contributed by atoms with E-state index in [1.165, 1.54) is 12.1 Å². The van der Waals surface area contributed by atoms with Crippen molar-refractivity contribution in [3.05, 3.63) is 78.4 Å². The van der Waals surface area contributed by atoms with Crippen molar-refractivity contribution in [2.24, 2.45) is 0 Å². The Morgan fingerprint density at radius 2 is 1.88 bits per heavy atom. The summed E-state index contributed by atoms with van der Waals surface area (Å²) < 4.78 is 26.5. The maximum absolute atomic E-state index is 13.1. The highest BCUT2D eigenvalue weighted by atomic mass is 19.1. The number of benzene rings is 2. The highest BCUT2D eigenvalue weighted by Crippen LogP contribution is 2.37. The van der Waals surface area contributed by atoms with Crippen molar-refractivity contribution in [1.82, 2.24) is 4.57 Å². The molecule has 4 rings (SSSR count). The first-order chi connectivity index (χ1) is 12.3. The molecule has 1 aromatic heterocycles. The van der Waals surface area contributed by atoms with Crippen LogP contribution in [0, 0.1) is 5.82 Å². The minimum absolute atomic E-state index is 0.169. The monoisotopic (exact) mass is 338 g/mol. The fourth-order valence-corrected chi connectivity index (χ4v) is 3.19. The quantitative estimate of drug-likeness (QED) is 0.715. The third kappa shape index (κ3) is 2.98. The molecule has 25 heavy (non-hydrogen) atoms. The van der Waals surface area contributed by atoms with Crippen LogP contribution in [-0.4, -0.2) is 24.8 Å². The van der Waals surface area contributed by atoms with Crippen LogP contribution in [0.25, 0.3) is 5.69 Å². The van der Waals surface area contributed by atoms with Gasteiger partial charge in [-0.2, -0.15) is 0 Å². The van der Waals surface area contributed by atoms with Gasteiger partial charge in [-0.25, -0.2) is 4.39 Å². The summed E-state index contributed by atoms with van der Waals surface area (Å²) in [6.07, 6.45) is 3.81. The van der Waals surface area contributed by atoms with Crippen LogP contribution >= 0.6 is 0 Å². The van der Waals surface area contributed by atoms with Gasteiger partial charge in [0.05, 0.1) is 19.4 Å². The van der Waals surface area contributed by atoms with Gasteiger partial charge in [0, 0.05) is 30.2 Å². The molecule has 1 atom stereocenters. The Morgan fingerprint density at radius 1 is 1.08 bits per heavy atom. The maximum atomic E-state index is 13.1. The molecule has 1 aliphatic heterocycles. The van der Waals surface area contributed by atoms with Gasteiger partial charge in [0.25, 0.3) is 0 Å². The smallest absolute Gasteiger partial charge is 0.158 e. The van der Waals surface area contributed by atoms with Gasteiger partial charge < -0.3 is 18.9 Å². The van der Waals surface area contributed by atoms with E-state index in [0.717, 1.165) is 29.2 Å². The minimum atomic E-state index is -0.238. The number of methoxy groups -OCH3 is 1. The lowest BCUT2D eigenvalue weighted by Gasteiger charge is -2.26. The summed E-state index contributed by atoms with van der Waals surface area (Å²) in [7, 11) is 1.68. The van der Waals surface area contributed by atoms with Crippen LogP contribution in [0.1, 0.15) is 11.8 Å². The van der Waals surface area contributed by atoms with Gasteiger partial charge in [-0.1, -0.05) is 12.1 Å². The predicted molar refractivity (Wildman–Crippen MR) is 94.8 cm³/mol. The molecule has 1 fully saturated rings. The molecule has 3 aromatic rings. The summed E-state index contributed by atoms with van der Waals surface area (Å²) in [6, 6.07) is 16.4. The number of hydrogen-bond acceptors (Lipinski definition) is 3. The van der Waals surface area contributed by atoms with E-state index in [9.17, 15) is 4.39 Å². The van der Waals surface area contributed by atoms with Crippen LogP contribution in [0.15, 0.2) is 67.0 Å². The lowest BCUT2D eigenvalue weighted by Crippen LogP contribution is -2.23. The molecule has 2 aromatic carbocycles. The molecule has 0 spiro atoms. The summed E-state index contributed by atoms with van der Waals surface area (Å²) in [5, 5.41) is 0. The first-order valence-electron chi connectivity index (χ1n) is 8.21. The summed E-state index contributed by atoms with van der Waals surface area (Å²) in [5.41, 5.74) is 2.98. The number of nitrogens with zero attached hydrogens (tertiary/aromatic N) is 2. The summed E-state index contributed by atoms with van der Waals surface area (Å²) in [4.78, 5) is 2.20. The zero-order chi connectivity index (χ0) is 17.2. The SMILES string of the molecule is COc1ccccc1N1CCO[C@@H]1c1ccn(-c2ccc(F)cc2)c1. The van der Waals surface area contributed by atoms with Crippen molar-refractivity contribution in [3.8, 4) is 11.4 Å². The van der Waals surface area contributed by atoms with Gasteiger partial charge in [-0.3, -0.25) is 0 Å². The van der Waals surface area contributed by atoms with E-state index >= 15 is 0 Å². The molecule has 1 saturated heterocycles. The van der Waals surface area contributed by atoms with Crippen LogP contribution in [0.3, 0.4) is 0 Å². The average Bonchev–Trinajstić information content (AvgIpc) is 3.31. The minimum Gasteiger partial charge on any atom is -0.495 e. The second-order valence-corrected chi connectivity index (χ2v) is 5.92. The van der Waals surface area contributed by atoms with Crippen molar-refractivity contribution in [2.75, 3.05) is 25.2 Å². The Hall–Kier alpha value is -2.79. The Morgan fingerprint density at radius 3 is 2.68 bits per heavy atom. The first-order valence-corrected chi connectivity index (χ1v) is 8.21. The Bertz CT molecular complexity index is 860. The number of para-hydroxylation sites is 2. The zero-order valence-corrected chi connectivity index (χ0v) is 13.9. The summed E-state index contributed by atoms with van der Waals surface area (Å²) in [6.45, 7) is 1.46. The van der Waals surface area contributed by atoms with Crippen LogP contribution < -0.4 is 9.64 Å². The van der Waals surface area contributed by atoms with Crippen LogP contribution in [0.4, 0.5) is 10.1 Å². The Labute approximate surface area is 146 Å². The van der Waals surface area contributed by atoms with Crippen molar-refractivity contribution < 1.29 is 13.9 Å². The topological polar surface area (TPSA) is 26.6 Å². The van der Waals surface area contributed by atoms with E-state index in [2.05, 4.69) is 4.90 Å². The highest BCUT2D eigenvalue weighted by Gasteiger charge is 2.29. The number of rotatable bonds is 4. The van der Waals surface area contributed by atoms with Crippen LogP contribution in [0.2, 0.25) is 0 Å². The van der Waals surface area contributed by atoms with E-state index in [1.54, 1.807) is 19.2 Å². The van der Waals surface area contributed by atoms with Gasteiger partial charge in [0.15, 0.2) is 6.23 Å². The number of ether oxygens (including phenoxy) is 2. The van der Waals surface area contributed by atoms with Crippen molar-refractivity contribution in [3.63, 3.8) is 0 Å². The third-order valence-corrected chi connectivity index (χ3v) is 4.41. The molecule has 4 nitrogen and oxygen atoms in total. The molecule has 0 radical (unpaired) electrons. The van der Waals surface area contributed by atoms with Crippen LogP contribution in [-0.2, 0) is 4.74 Å².